The van der Waals surface area contributed by atoms with E-state index >= 15 is 0 Å². The third kappa shape index (κ3) is 3.40. The molecule has 3 rings (SSSR count). The Bertz CT molecular complexity index is 579. The second kappa shape index (κ2) is 6.68. The van der Waals surface area contributed by atoms with Crippen molar-refractivity contribution < 1.29 is 4.74 Å². The van der Waals surface area contributed by atoms with E-state index in [0.717, 1.165) is 57.3 Å². The first-order valence-electron chi connectivity index (χ1n) is 7.36. The topological polar surface area (TPSA) is 91.0 Å². The number of nitrogens with one attached hydrogen (secondary N) is 3. The van der Waals surface area contributed by atoms with Gasteiger partial charge < -0.3 is 20.4 Å². The number of morpholine rings is 1. The summed E-state index contributed by atoms with van der Waals surface area (Å²) in [5, 5.41) is 6.50. The van der Waals surface area contributed by atoms with E-state index in [9.17, 15) is 0 Å². The highest BCUT2D eigenvalue weighted by atomic mass is 16.5. The average Bonchev–Trinajstić information content (AvgIpc) is 2.97. The van der Waals surface area contributed by atoms with Gasteiger partial charge in [0.05, 0.1) is 19.5 Å². The molecule has 1 aliphatic rings. The third-order valence-electron chi connectivity index (χ3n) is 3.44. The van der Waals surface area contributed by atoms with Gasteiger partial charge in [0.1, 0.15) is 5.52 Å². The van der Waals surface area contributed by atoms with Gasteiger partial charge in [-0.25, -0.2) is 4.98 Å². The number of rotatable bonds is 6. The van der Waals surface area contributed by atoms with Gasteiger partial charge >= 0.3 is 0 Å². The molecule has 0 spiro atoms. The van der Waals surface area contributed by atoms with Gasteiger partial charge in [0.2, 0.25) is 5.95 Å². The number of nitrogens with zero attached hydrogens (tertiary/aromatic N) is 4. The number of ether oxygens (including phenoxy) is 1. The van der Waals surface area contributed by atoms with Crippen LogP contribution in [-0.4, -0.2) is 70.8 Å². The van der Waals surface area contributed by atoms with Crippen LogP contribution in [0, 0.1) is 0 Å². The van der Waals surface area contributed by atoms with E-state index in [1.54, 1.807) is 6.33 Å². The number of aromatic amines is 1. The van der Waals surface area contributed by atoms with Gasteiger partial charge in [-0.2, -0.15) is 9.97 Å². The normalized spacial score (nSPS) is 16.2. The van der Waals surface area contributed by atoms with Crippen molar-refractivity contribution in [2.45, 2.75) is 6.92 Å². The zero-order chi connectivity index (χ0) is 14.5. The van der Waals surface area contributed by atoms with Crippen molar-refractivity contribution in [3.8, 4) is 0 Å². The zero-order valence-electron chi connectivity index (χ0n) is 12.2. The SMILES string of the molecule is CCNc1nc(NCCN2CCOCC2)c2[nH]cnc2n1. The molecular formula is C13H21N7O. The summed E-state index contributed by atoms with van der Waals surface area (Å²) >= 11 is 0. The molecule has 3 N–H and O–H groups in total. The maximum absolute atomic E-state index is 5.35. The summed E-state index contributed by atoms with van der Waals surface area (Å²) in [4.78, 5) is 18.5. The van der Waals surface area contributed by atoms with Crippen LogP contribution < -0.4 is 10.6 Å². The van der Waals surface area contributed by atoms with Gasteiger partial charge in [0, 0.05) is 32.7 Å². The molecule has 8 heteroatoms. The Morgan fingerprint density at radius 3 is 2.95 bits per heavy atom. The Labute approximate surface area is 123 Å². The number of fused-ring (bicyclic) bond motifs is 1. The van der Waals surface area contributed by atoms with Crippen LogP contribution in [0.4, 0.5) is 11.8 Å². The monoisotopic (exact) mass is 291 g/mol. The lowest BCUT2D eigenvalue weighted by Crippen LogP contribution is -2.39. The molecule has 0 aliphatic carbocycles. The predicted molar refractivity (Wildman–Crippen MR) is 81.6 cm³/mol. The standard InChI is InChI=1S/C13H21N7O/c1-2-14-13-18-11(10-12(19-13)17-9-16-10)15-3-4-20-5-7-21-8-6-20/h9H,2-8H2,1H3,(H3,14,15,16,17,18,19). The number of hydrogen-bond acceptors (Lipinski definition) is 7. The Morgan fingerprint density at radius 1 is 1.29 bits per heavy atom. The molecule has 8 nitrogen and oxygen atoms in total. The fourth-order valence-corrected chi connectivity index (χ4v) is 2.36. The molecule has 1 fully saturated rings. The maximum atomic E-state index is 5.35. The lowest BCUT2D eigenvalue weighted by molar-refractivity contribution is 0.0398. The van der Waals surface area contributed by atoms with Crippen LogP contribution in [0.25, 0.3) is 11.2 Å². The van der Waals surface area contributed by atoms with Crippen molar-refractivity contribution in [1.82, 2.24) is 24.8 Å². The molecule has 2 aromatic rings. The molecule has 1 saturated heterocycles. The molecule has 0 bridgehead atoms. The van der Waals surface area contributed by atoms with Crippen LogP contribution >= 0.6 is 0 Å². The highest BCUT2D eigenvalue weighted by Gasteiger charge is 2.12. The van der Waals surface area contributed by atoms with Crippen LogP contribution in [0.1, 0.15) is 6.92 Å². The molecule has 0 amide bonds. The fraction of sp³-hybridized carbons (Fsp3) is 0.615. The minimum Gasteiger partial charge on any atom is -0.379 e. The molecule has 0 radical (unpaired) electrons. The Balaban J connectivity index is 1.65. The third-order valence-corrected chi connectivity index (χ3v) is 3.44. The smallest absolute Gasteiger partial charge is 0.226 e. The Morgan fingerprint density at radius 2 is 2.14 bits per heavy atom. The first kappa shape index (κ1) is 14.0. The number of H-pyrrole nitrogens is 1. The van der Waals surface area contributed by atoms with Crippen LogP contribution in [0.3, 0.4) is 0 Å². The maximum Gasteiger partial charge on any atom is 0.226 e. The molecule has 1 aliphatic heterocycles. The van der Waals surface area contributed by atoms with Crippen molar-refractivity contribution in [2.24, 2.45) is 0 Å². The fourth-order valence-electron chi connectivity index (χ4n) is 2.36. The average molecular weight is 291 g/mol. The highest BCUT2D eigenvalue weighted by molar-refractivity contribution is 5.83. The van der Waals surface area contributed by atoms with Crippen molar-refractivity contribution in [3.63, 3.8) is 0 Å². The molecule has 2 aromatic heterocycles. The summed E-state index contributed by atoms with van der Waals surface area (Å²) < 4.78 is 5.35. The van der Waals surface area contributed by atoms with Gasteiger partial charge in [0.25, 0.3) is 0 Å². The quantitative estimate of drug-likeness (QED) is 0.715. The largest absolute Gasteiger partial charge is 0.379 e. The Hall–Kier alpha value is -1.93. The van der Waals surface area contributed by atoms with Crippen LogP contribution in [-0.2, 0) is 4.74 Å². The first-order valence-corrected chi connectivity index (χ1v) is 7.36. The summed E-state index contributed by atoms with van der Waals surface area (Å²) in [5.74, 6) is 1.40. The minimum atomic E-state index is 0.603. The van der Waals surface area contributed by atoms with Crippen molar-refractivity contribution >= 4 is 22.9 Å². The minimum absolute atomic E-state index is 0.603. The van der Waals surface area contributed by atoms with Crippen LogP contribution in [0.5, 0.6) is 0 Å². The molecule has 0 aromatic carbocycles. The van der Waals surface area contributed by atoms with Gasteiger partial charge in [0.15, 0.2) is 11.5 Å². The number of hydrogen-bond donors (Lipinski definition) is 3. The molecule has 3 heterocycles. The summed E-state index contributed by atoms with van der Waals surface area (Å²) in [6.45, 7) is 8.23. The van der Waals surface area contributed by atoms with E-state index in [1.807, 2.05) is 6.92 Å². The van der Waals surface area contributed by atoms with Crippen molar-refractivity contribution in [2.75, 3.05) is 56.6 Å². The highest BCUT2D eigenvalue weighted by Crippen LogP contribution is 2.18. The summed E-state index contributed by atoms with van der Waals surface area (Å²) in [5.41, 5.74) is 1.52. The van der Waals surface area contributed by atoms with E-state index in [4.69, 9.17) is 4.74 Å². The van der Waals surface area contributed by atoms with Crippen LogP contribution in [0.15, 0.2) is 6.33 Å². The van der Waals surface area contributed by atoms with Crippen molar-refractivity contribution in [1.29, 1.82) is 0 Å². The molecule has 21 heavy (non-hydrogen) atoms. The second-order valence-electron chi connectivity index (χ2n) is 4.91. The molecule has 114 valence electrons. The Kier molecular flexibility index (Phi) is 4.46. The molecular weight excluding hydrogens is 270 g/mol. The lowest BCUT2D eigenvalue weighted by atomic mass is 10.4. The summed E-state index contributed by atoms with van der Waals surface area (Å²) in [7, 11) is 0. The van der Waals surface area contributed by atoms with E-state index in [2.05, 4.69) is 35.5 Å². The van der Waals surface area contributed by atoms with Crippen molar-refractivity contribution in [3.05, 3.63) is 6.33 Å². The van der Waals surface area contributed by atoms with E-state index < -0.39 is 0 Å². The van der Waals surface area contributed by atoms with Crippen LogP contribution in [0.2, 0.25) is 0 Å². The van der Waals surface area contributed by atoms with Gasteiger partial charge in [-0.15, -0.1) is 0 Å². The molecule has 0 unspecified atom stereocenters. The lowest BCUT2D eigenvalue weighted by Gasteiger charge is -2.26. The van der Waals surface area contributed by atoms with E-state index in [1.165, 1.54) is 0 Å². The zero-order valence-corrected chi connectivity index (χ0v) is 12.2. The number of aromatic nitrogens is 4. The summed E-state index contributed by atoms with van der Waals surface area (Å²) in [6.07, 6.45) is 1.64. The molecule has 0 atom stereocenters. The van der Waals surface area contributed by atoms with E-state index in [-0.39, 0.29) is 0 Å². The molecule has 0 saturated carbocycles. The predicted octanol–water partition coefficient (Wildman–Crippen LogP) is 0.529. The van der Waals surface area contributed by atoms with Gasteiger partial charge in [-0.05, 0) is 6.92 Å². The number of imidazole rings is 1. The first-order chi connectivity index (χ1) is 10.4. The van der Waals surface area contributed by atoms with E-state index in [0.29, 0.717) is 11.6 Å². The summed E-state index contributed by atoms with van der Waals surface area (Å²) in [6, 6.07) is 0. The van der Waals surface area contributed by atoms with Gasteiger partial charge in [-0.1, -0.05) is 0 Å². The number of anilines is 2. The van der Waals surface area contributed by atoms with Gasteiger partial charge in [-0.3, -0.25) is 4.90 Å². The second-order valence-corrected chi connectivity index (χ2v) is 4.91.